The van der Waals surface area contributed by atoms with E-state index in [1.54, 1.807) is 24.3 Å². The summed E-state index contributed by atoms with van der Waals surface area (Å²) in [5.74, 6) is -1.30. The molecule has 0 spiro atoms. The van der Waals surface area contributed by atoms with Crippen LogP contribution < -0.4 is 11.5 Å². The van der Waals surface area contributed by atoms with Gasteiger partial charge in [-0.1, -0.05) is 56.3 Å². The maximum Gasteiger partial charge on any atom is 0.252 e. The van der Waals surface area contributed by atoms with E-state index in [4.69, 9.17) is 17.3 Å². The number of nitrogens with two attached hydrogens (primary N) is 2. The lowest BCUT2D eigenvalue weighted by Gasteiger charge is -2.06. The van der Waals surface area contributed by atoms with Crippen molar-refractivity contribution in [2.24, 2.45) is 11.5 Å². The molecule has 0 aromatic heterocycles. The van der Waals surface area contributed by atoms with Gasteiger partial charge in [0.15, 0.2) is 0 Å². The van der Waals surface area contributed by atoms with Crippen LogP contribution in [0.5, 0.6) is 5.75 Å². The lowest BCUT2D eigenvalue weighted by Crippen LogP contribution is -2.11. The van der Waals surface area contributed by atoms with E-state index in [0.29, 0.717) is 15.8 Å². The highest BCUT2D eigenvalue weighted by molar-refractivity contribution is 6.36. The summed E-state index contributed by atoms with van der Waals surface area (Å²) in [7, 11) is 0. The van der Waals surface area contributed by atoms with Crippen molar-refractivity contribution in [3.05, 3.63) is 53.6 Å². The van der Waals surface area contributed by atoms with E-state index < -0.39 is 11.8 Å². The highest BCUT2D eigenvalue weighted by atomic mass is 35.5. The maximum absolute atomic E-state index is 11.0. The predicted molar refractivity (Wildman–Crippen MR) is 89.9 cm³/mol. The van der Waals surface area contributed by atoms with Crippen LogP contribution in [0, 0.1) is 0 Å². The summed E-state index contributed by atoms with van der Waals surface area (Å²) in [6.45, 7) is 7.09. The van der Waals surface area contributed by atoms with Crippen molar-refractivity contribution in [3.63, 3.8) is 0 Å². The lowest BCUT2D eigenvalue weighted by atomic mass is 10.0. The first-order valence-corrected chi connectivity index (χ1v) is 6.88. The standard InChI is InChI=1S/C11H8ClNO2.C3H5NO.C2H6/c12-9-5-8(11(13)15)10(14)7-4-2-1-3-6(7)9;1-2-3(4)5;1-2/h1-5,14H,(H2,13,15);2H,1H2,(H2,4,5);1-2H3. The Morgan fingerprint density at radius 3 is 2.05 bits per heavy atom. The van der Waals surface area contributed by atoms with Gasteiger partial charge in [0.1, 0.15) is 5.75 Å². The lowest BCUT2D eigenvalue weighted by molar-refractivity contribution is -0.113. The van der Waals surface area contributed by atoms with E-state index >= 15 is 0 Å². The minimum atomic E-state index is -0.694. The molecule has 6 heteroatoms. The molecule has 22 heavy (non-hydrogen) atoms. The molecule has 2 amide bonds. The highest BCUT2D eigenvalue weighted by Crippen LogP contribution is 2.33. The van der Waals surface area contributed by atoms with E-state index in [2.05, 4.69) is 12.3 Å². The van der Waals surface area contributed by atoms with Crippen molar-refractivity contribution >= 4 is 34.2 Å². The SMILES string of the molecule is C=CC(N)=O.CC.NC(=O)c1cc(Cl)c2ccccc2c1O. The molecule has 5 nitrogen and oxygen atoms in total. The Hall–Kier alpha value is -2.53. The van der Waals surface area contributed by atoms with E-state index in [-0.39, 0.29) is 11.3 Å². The number of fused-ring (bicyclic) bond motifs is 1. The van der Waals surface area contributed by atoms with Crippen molar-refractivity contribution in [3.8, 4) is 5.75 Å². The average molecular weight is 323 g/mol. The molecule has 0 bridgehead atoms. The molecule has 0 fully saturated rings. The third-order valence-electron chi connectivity index (χ3n) is 2.43. The van der Waals surface area contributed by atoms with Gasteiger partial charge < -0.3 is 16.6 Å². The number of phenols is 1. The molecule has 2 rings (SSSR count). The van der Waals surface area contributed by atoms with Crippen LogP contribution in [-0.2, 0) is 4.79 Å². The Labute approximate surface area is 134 Å². The van der Waals surface area contributed by atoms with Gasteiger partial charge in [-0.05, 0) is 12.1 Å². The second-order valence-electron chi connectivity index (χ2n) is 3.77. The number of aromatic hydroxyl groups is 1. The zero-order valence-corrected chi connectivity index (χ0v) is 13.2. The summed E-state index contributed by atoms with van der Waals surface area (Å²) in [5.41, 5.74) is 9.69. The van der Waals surface area contributed by atoms with Crippen molar-refractivity contribution in [2.75, 3.05) is 0 Å². The first kappa shape index (κ1) is 19.5. The summed E-state index contributed by atoms with van der Waals surface area (Å²) >= 11 is 5.96. The Bertz CT molecular complexity index is 684. The number of hydrogen-bond acceptors (Lipinski definition) is 3. The molecular weight excluding hydrogens is 304 g/mol. The molecule has 0 aliphatic heterocycles. The molecule has 0 aliphatic rings. The topological polar surface area (TPSA) is 106 Å². The van der Waals surface area contributed by atoms with Gasteiger partial charge >= 0.3 is 0 Å². The minimum Gasteiger partial charge on any atom is -0.506 e. The first-order chi connectivity index (χ1) is 10.4. The second-order valence-corrected chi connectivity index (χ2v) is 4.18. The van der Waals surface area contributed by atoms with Gasteiger partial charge in [-0.3, -0.25) is 9.59 Å². The molecule has 0 saturated heterocycles. The zero-order valence-electron chi connectivity index (χ0n) is 12.5. The number of benzene rings is 2. The van der Waals surface area contributed by atoms with Gasteiger partial charge in [-0.25, -0.2) is 0 Å². The molecule has 0 heterocycles. The summed E-state index contributed by atoms with van der Waals surface area (Å²) in [5, 5.41) is 11.4. The van der Waals surface area contributed by atoms with E-state index in [0.717, 1.165) is 6.08 Å². The number of carbonyl (C=O) groups is 2. The Morgan fingerprint density at radius 1 is 1.18 bits per heavy atom. The van der Waals surface area contributed by atoms with Crippen LogP contribution in [0.2, 0.25) is 5.02 Å². The minimum absolute atomic E-state index is 0.0405. The van der Waals surface area contributed by atoms with Gasteiger partial charge in [0.05, 0.1) is 5.56 Å². The normalized spacial score (nSPS) is 8.86. The molecule has 118 valence electrons. The number of carbonyl (C=O) groups excluding carboxylic acids is 2. The van der Waals surface area contributed by atoms with Crippen molar-refractivity contribution < 1.29 is 14.7 Å². The third-order valence-corrected chi connectivity index (χ3v) is 2.75. The number of hydrogen-bond donors (Lipinski definition) is 3. The van der Waals surface area contributed by atoms with E-state index in [1.807, 2.05) is 13.8 Å². The molecule has 2 aromatic carbocycles. The van der Waals surface area contributed by atoms with Crippen molar-refractivity contribution in [1.82, 2.24) is 0 Å². The number of rotatable bonds is 2. The van der Waals surface area contributed by atoms with Gasteiger partial charge in [0, 0.05) is 15.8 Å². The van der Waals surface area contributed by atoms with E-state index in [9.17, 15) is 14.7 Å². The average Bonchev–Trinajstić information content (AvgIpc) is 2.53. The molecule has 5 N–H and O–H groups in total. The Kier molecular flexibility index (Phi) is 8.33. The summed E-state index contributed by atoms with van der Waals surface area (Å²) in [6, 6.07) is 8.38. The first-order valence-electron chi connectivity index (χ1n) is 6.50. The molecular formula is C16H19ClN2O3. The Morgan fingerprint density at radius 2 is 1.64 bits per heavy atom. The van der Waals surface area contributed by atoms with E-state index in [1.165, 1.54) is 6.07 Å². The fraction of sp³-hybridized carbons (Fsp3) is 0.125. The molecule has 2 aromatic rings. The van der Waals surface area contributed by atoms with Gasteiger partial charge in [0.2, 0.25) is 5.91 Å². The monoisotopic (exact) mass is 322 g/mol. The highest BCUT2D eigenvalue weighted by Gasteiger charge is 2.13. The van der Waals surface area contributed by atoms with Crippen LogP contribution in [0.3, 0.4) is 0 Å². The number of halogens is 1. The molecule has 0 aliphatic carbocycles. The van der Waals surface area contributed by atoms with Crippen LogP contribution in [-0.4, -0.2) is 16.9 Å². The summed E-state index contributed by atoms with van der Waals surface area (Å²) in [6.07, 6.45) is 1.06. The van der Waals surface area contributed by atoms with Crippen molar-refractivity contribution in [1.29, 1.82) is 0 Å². The molecule has 0 saturated carbocycles. The fourth-order valence-corrected chi connectivity index (χ4v) is 1.78. The molecule has 0 radical (unpaired) electrons. The summed E-state index contributed by atoms with van der Waals surface area (Å²) in [4.78, 5) is 20.5. The smallest absolute Gasteiger partial charge is 0.252 e. The second kappa shape index (κ2) is 9.41. The third kappa shape index (κ3) is 5.10. The summed E-state index contributed by atoms with van der Waals surface area (Å²) < 4.78 is 0. The van der Waals surface area contributed by atoms with Gasteiger partial charge in [0.25, 0.3) is 5.91 Å². The van der Waals surface area contributed by atoms with Gasteiger partial charge in [-0.2, -0.15) is 0 Å². The number of amides is 2. The van der Waals surface area contributed by atoms with Crippen LogP contribution in [0.15, 0.2) is 43.0 Å². The molecule has 0 atom stereocenters. The zero-order chi connectivity index (χ0) is 17.3. The number of primary amides is 2. The maximum atomic E-state index is 11.0. The quantitative estimate of drug-likeness (QED) is 0.740. The van der Waals surface area contributed by atoms with Crippen LogP contribution in [0.4, 0.5) is 0 Å². The van der Waals surface area contributed by atoms with Crippen LogP contribution >= 0.6 is 11.6 Å². The van der Waals surface area contributed by atoms with Crippen molar-refractivity contribution in [2.45, 2.75) is 13.8 Å². The largest absolute Gasteiger partial charge is 0.506 e. The fourth-order valence-electron chi connectivity index (χ4n) is 1.50. The van der Waals surface area contributed by atoms with Gasteiger partial charge in [-0.15, -0.1) is 0 Å². The molecule has 0 unspecified atom stereocenters. The Balaban J connectivity index is 0.000000540. The predicted octanol–water partition coefficient (Wildman–Crippen LogP) is 2.98. The van der Waals surface area contributed by atoms with Crippen LogP contribution in [0.25, 0.3) is 10.8 Å². The van der Waals surface area contributed by atoms with Crippen LogP contribution in [0.1, 0.15) is 24.2 Å².